The van der Waals surface area contributed by atoms with Gasteiger partial charge in [0.2, 0.25) is 0 Å². The highest BCUT2D eigenvalue weighted by Gasteiger charge is 2.09. The van der Waals surface area contributed by atoms with Crippen LogP contribution in [0.5, 0.6) is 0 Å². The van der Waals surface area contributed by atoms with Crippen molar-refractivity contribution >= 4 is 23.2 Å². The van der Waals surface area contributed by atoms with E-state index in [-0.39, 0.29) is 0 Å². The molecule has 0 saturated heterocycles. The molecule has 15 heavy (non-hydrogen) atoms. The van der Waals surface area contributed by atoms with Gasteiger partial charge < -0.3 is 5.73 Å². The van der Waals surface area contributed by atoms with Gasteiger partial charge in [0.1, 0.15) is 11.5 Å². The van der Waals surface area contributed by atoms with Crippen LogP contribution in [0.2, 0.25) is 0 Å². The number of hydrogen-bond acceptors (Lipinski definition) is 3. The molecule has 0 aliphatic heterocycles. The number of thioether (sulfide) groups is 1. The van der Waals surface area contributed by atoms with Crippen molar-refractivity contribution < 1.29 is 0 Å². The molecule has 0 aliphatic carbocycles. The summed E-state index contributed by atoms with van der Waals surface area (Å²) in [5.74, 6) is 1.84. The summed E-state index contributed by atoms with van der Waals surface area (Å²) < 4.78 is 1.96. The third kappa shape index (κ3) is 1.81. The zero-order chi connectivity index (χ0) is 10.8. The number of nitrogens with two attached hydrogens (primary N) is 1. The third-order valence-corrected chi connectivity index (χ3v) is 3.11. The quantitative estimate of drug-likeness (QED) is 0.863. The number of fused-ring (bicyclic) bond motifs is 1. The van der Waals surface area contributed by atoms with Crippen LogP contribution < -0.4 is 5.73 Å². The highest BCUT2D eigenvalue weighted by molar-refractivity contribution is 7.98. The number of nitrogens with zero attached hydrogens (tertiary/aromatic N) is 2. The highest BCUT2D eigenvalue weighted by Crippen LogP contribution is 2.18. The lowest BCUT2D eigenvalue weighted by atomic mass is 10.3. The number of anilines is 1. The first-order chi connectivity index (χ1) is 7.24. The molecule has 2 aromatic rings. The lowest BCUT2D eigenvalue weighted by Crippen LogP contribution is -1.97. The molecule has 0 unspecified atom stereocenters. The largest absolute Gasteiger partial charge is 0.383 e. The Labute approximate surface area is 93.7 Å². The Morgan fingerprint density at radius 3 is 3.00 bits per heavy atom. The number of imidazole rings is 1. The van der Waals surface area contributed by atoms with E-state index in [9.17, 15) is 0 Å². The molecule has 2 N–H and O–H groups in total. The summed E-state index contributed by atoms with van der Waals surface area (Å²) in [6, 6.07) is 4.05. The lowest BCUT2D eigenvalue weighted by molar-refractivity contribution is 1.09. The Balaban J connectivity index is 2.49. The molecule has 0 fully saturated rings. The standard InChI is InChI=1S/C11H15N3S/c1-8-4-3-6-14-10(12)9(5-7-15-2)13-11(8)14/h3-4,6H,5,7,12H2,1-2H3. The predicted molar refractivity (Wildman–Crippen MR) is 66.4 cm³/mol. The van der Waals surface area contributed by atoms with E-state index < -0.39 is 0 Å². The van der Waals surface area contributed by atoms with Crippen LogP contribution >= 0.6 is 11.8 Å². The van der Waals surface area contributed by atoms with Crippen molar-refractivity contribution in [2.45, 2.75) is 13.3 Å². The number of nitrogen functional groups attached to an aromatic ring is 1. The van der Waals surface area contributed by atoms with Crippen molar-refractivity contribution in [1.29, 1.82) is 0 Å². The van der Waals surface area contributed by atoms with Crippen LogP contribution in [-0.2, 0) is 6.42 Å². The SMILES string of the molecule is CSCCc1nc2c(C)cccn2c1N. The van der Waals surface area contributed by atoms with Gasteiger partial charge in [0, 0.05) is 12.6 Å². The molecule has 0 aliphatic rings. The van der Waals surface area contributed by atoms with Gasteiger partial charge in [-0.05, 0) is 30.6 Å². The van der Waals surface area contributed by atoms with E-state index in [1.54, 1.807) is 0 Å². The van der Waals surface area contributed by atoms with Crippen LogP contribution in [0.3, 0.4) is 0 Å². The van der Waals surface area contributed by atoms with Gasteiger partial charge in [-0.2, -0.15) is 11.8 Å². The van der Waals surface area contributed by atoms with Crippen molar-refractivity contribution in [1.82, 2.24) is 9.38 Å². The normalized spacial score (nSPS) is 11.1. The van der Waals surface area contributed by atoms with Gasteiger partial charge in [0.25, 0.3) is 0 Å². The fraction of sp³-hybridized carbons (Fsp3) is 0.364. The third-order valence-electron chi connectivity index (χ3n) is 2.50. The minimum atomic E-state index is 0.780. The van der Waals surface area contributed by atoms with Crippen LogP contribution in [0.1, 0.15) is 11.3 Å². The zero-order valence-electron chi connectivity index (χ0n) is 9.03. The Morgan fingerprint density at radius 2 is 2.33 bits per heavy atom. The van der Waals surface area contributed by atoms with Crippen molar-refractivity contribution in [3.8, 4) is 0 Å². The molecule has 0 spiro atoms. The van der Waals surface area contributed by atoms with Gasteiger partial charge >= 0.3 is 0 Å². The van der Waals surface area contributed by atoms with Gasteiger partial charge in [0.15, 0.2) is 0 Å². The Bertz CT molecular complexity index is 476. The van der Waals surface area contributed by atoms with E-state index in [0.29, 0.717) is 0 Å². The maximum Gasteiger partial charge on any atom is 0.141 e. The zero-order valence-corrected chi connectivity index (χ0v) is 9.84. The molecule has 3 nitrogen and oxygen atoms in total. The predicted octanol–water partition coefficient (Wildman–Crippen LogP) is 2.13. The van der Waals surface area contributed by atoms with Crippen molar-refractivity contribution in [3.63, 3.8) is 0 Å². The van der Waals surface area contributed by atoms with E-state index in [4.69, 9.17) is 5.73 Å². The molecule has 0 aromatic carbocycles. The van der Waals surface area contributed by atoms with Crippen LogP contribution in [0.4, 0.5) is 5.82 Å². The van der Waals surface area contributed by atoms with Crippen molar-refractivity contribution in [2.75, 3.05) is 17.7 Å². The number of hydrogen-bond donors (Lipinski definition) is 1. The first kappa shape index (κ1) is 10.4. The number of rotatable bonds is 3. The van der Waals surface area contributed by atoms with E-state index >= 15 is 0 Å². The molecule has 2 heterocycles. The number of aryl methyl sites for hydroxylation is 2. The van der Waals surface area contributed by atoms with E-state index in [0.717, 1.165) is 29.3 Å². The maximum atomic E-state index is 6.04. The highest BCUT2D eigenvalue weighted by atomic mass is 32.2. The Hall–Kier alpha value is -1.16. The summed E-state index contributed by atoms with van der Waals surface area (Å²) in [6.07, 6.45) is 5.00. The van der Waals surface area contributed by atoms with E-state index in [2.05, 4.69) is 24.2 Å². The summed E-state index contributed by atoms with van der Waals surface area (Å²) >= 11 is 1.81. The summed E-state index contributed by atoms with van der Waals surface area (Å²) in [6.45, 7) is 2.06. The van der Waals surface area contributed by atoms with Gasteiger partial charge in [-0.15, -0.1) is 0 Å². The van der Waals surface area contributed by atoms with Crippen LogP contribution in [0, 0.1) is 6.92 Å². The molecule has 0 radical (unpaired) electrons. The molecular formula is C11H15N3S. The minimum Gasteiger partial charge on any atom is -0.383 e. The molecule has 0 bridgehead atoms. The molecule has 80 valence electrons. The Morgan fingerprint density at radius 1 is 1.53 bits per heavy atom. The fourth-order valence-corrected chi connectivity index (χ4v) is 2.05. The van der Waals surface area contributed by atoms with Gasteiger partial charge in [-0.1, -0.05) is 6.07 Å². The average molecular weight is 221 g/mol. The van der Waals surface area contributed by atoms with Crippen molar-refractivity contribution in [2.24, 2.45) is 0 Å². The molecule has 4 heteroatoms. The number of pyridine rings is 1. The van der Waals surface area contributed by atoms with Crippen molar-refractivity contribution in [3.05, 3.63) is 29.6 Å². The summed E-state index contributed by atoms with van der Waals surface area (Å²) in [7, 11) is 0. The van der Waals surface area contributed by atoms with E-state index in [1.165, 1.54) is 5.56 Å². The molecular weight excluding hydrogens is 206 g/mol. The van der Waals surface area contributed by atoms with E-state index in [1.807, 2.05) is 28.4 Å². The van der Waals surface area contributed by atoms with Crippen LogP contribution in [0.15, 0.2) is 18.3 Å². The second-order valence-corrected chi connectivity index (χ2v) is 4.56. The average Bonchev–Trinajstić information content (AvgIpc) is 2.55. The monoisotopic (exact) mass is 221 g/mol. The first-order valence-corrected chi connectivity index (χ1v) is 6.34. The van der Waals surface area contributed by atoms with Gasteiger partial charge in [-0.25, -0.2) is 4.98 Å². The minimum absolute atomic E-state index is 0.780. The van der Waals surface area contributed by atoms with Crippen LogP contribution in [0.25, 0.3) is 5.65 Å². The number of aromatic nitrogens is 2. The topological polar surface area (TPSA) is 43.3 Å². The second-order valence-electron chi connectivity index (χ2n) is 3.57. The van der Waals surface area contributed by atoms with Gasteiger partial charge in [0.05, 0.1) is 5.69 Å². The fourth-order valence-electron chi connectivity index (χ4n) is 1.65. The first-order valence-electron chi connectivity index (χ1n) is 4.95. The Kier molecular flexibility index (Phi) is 2.86. The molecule has 0 atom stereocenters. The molecule has 0 saturated carbocycles. The molecule has 2 rings (SSSR count). The molecule has 0 amide bonds. The van der Waals surface area contributed by atoms with Crippen LogP contribution in [-0.4, -0.2) is 21.4 Å². The smallest absolute Gasteiger partial charge is 0.141 e. The second kappa shape index (κ2) is 4.14. The summed E-state index contributed by atoms with van der Waals surface area (Å²) in [5, 5.41) is 0. The lowest BCUT2D eigenvalue weighted by Gasteiger charge is -1.98. The molecule has 2 aromatic heterocycles. The summed E-state index contributed by atoms with van der Waals surface area (Å²) in [4.78, 5) is 4.57. The maximum absolute atomic E-state index is 6.04. The summed E-state index contributed by atoms with van der Waals surface area (Å²) in [5.41, 5.74) is 9.20. The van der Waals surface area contributed by atoms with Gasteiger partial charge in [-0.3, -0.25) is 4.40 Å².